The van der Waals surface area contributed by atoms with Crippen molar-refractivity contribution in [3.8, 4) is 5.75 Å². The van der Waals surface area contributed by atoms with Crippen LogP contribution in [0.25, 0.3) is 0 Å². The van der Waals surface area contributed by atoms with Crippen molar-refractivity contribution in [1.82, 2.24) is 10.6 Å². The molecule has 146 valence electrons. The molecule has 2 rings (SSSR count). The summed E-state index contributed by atoms with van der Waals surface area (Å²) in [6, 6.07) is 15.8. The molecule has 0 heterocycles. The summed E-state index contributed by atoms with van der Waals surface area (Å²) in [4.78, 5) is 15.3. The predicted octanol–water partition coefficient (Wildman–Crippen LogP) is 3.18. The minimum Gasteiger partial charge on any atom is -0.497 e. The zero-order valence-electron chi connectivity index (χ0n) is 15.9. The Morgan fingerprint density at radius 1 is 1.00 bits per heavy atom. The van der Waals surface area contributed by atoms with Crippen LogP contribution in [0.2, 0.25) is 0 Å². The summed E-state index contributed by atoms with van der Waals surface area (Å²) >= 11 is 0. The number of ether oxygens (including phenoxy) is 1. The van der Waals surface area contributed by atoms with Gasteiger partial charge in [-0.25, -0.2) is 0 Å². The number of guanidine groups is 1. The highest BCUT2D eigenvalue weighted by Crippen LogP contribution is 2.11. The summed E-state index contributed by atoms with van der Waals surface area (Å²) < 4.78 is 5.16. The van der Waals surface area contributed by atoms with Gasteiger partial charge in [-0.05, 0) is 41.8 Å². The zero-order valence-corrected chi connectivity index (χ0v) is 18.2. The average molecular weight is 482 g/mol. The first-order valence-electron chi connectivity index (χ1n) is 8.54. The Labute approximate surface area is 177 Å². The van der Waals surface area contributed by atoms with Crippen LogP contribution in [0.3, 0.4) is 0 Å². The van der Waals surface area contributed by atoms with Gasteiger partial charge < -0.3 is 20.7 Å². The van der Waals surface area contributed by atoms with E-state index in [-0.39, 0.29) is 29.9 Å². The third kappa shape index (κ3) is 8.29. The Morgan fingerprint density at radius 2 is 1.63 bits per heavy atom. The summed E-state index contributed by atoms with van der Waals surface area (Å²) in [6.07, 6.45) is 0.865. The van der Waals surface area contributed by atoms with Gasteiger partial charge in [0.05, 0.1) is 7.11 Å². The highest BCUT2D eigenvalue weighted by Gasteiger charge is 2.00. The third-order valence-corrected chi connectivity index (χ3v) is 3.82. The van der Waals surface area contributed by atoms with Crippen LogP contribution in [0.15, 0.2) is 53.5 Å². The van der Waals surface area contributed by atoms with Crippen LogP contribution in [0.1, 0.15) is 18.1 Å². The van der Waals surface area contributed by atoms with Gasteiger partial charge in [-0.2, -0.15) is 0 Å². The molecule has 0 aliphatic rings. The fourth-order valence-corrected chi connectivity index (χ4v) is 2.43. The van der Waals surface area contributed by atoms with Gasteiger partial charge in [-0.15, -0.1) is 24.0 Å². The normalized spacial score (nSPS) is 10.6. The topological polar surface area (TPSA) is 74.8 Å². The summed E-state index contributed by atoms with van der Waals surface area (Å²) in [7, 11) is 3.41. The monoisotopic (exact) mass is 482 g/mol. The lowest BCUT2D eigenvalue weighted by Gasteiger charge is -2.12. The number of aliphatic imine (C=N–C) groups is 1. The highest BCUT2D eigenvalue weighted by atomic mass is 127. The quantitative estimate of drug-likeness (QED) is 0.322. The second-order valence-corrected chi connectivity index (χ2v) is 5.83. The van der Waals surface area contributed by atoms with Gasteiger partial charge in [0.2, 0.25) is 5.91 Å². The number of hydrogen-bond acceptors (Lipinski definition) is 3. The SMILES string of the molecule is CN=C(NCCc1ccc(NC(C)=O)cc1)NCc1ccc(OC)cc1.I. The molecule has 0 aliphatic heterocycles. The molecule has 1 amide bonds. The van der Waals surface area contributed by atoms with Crippen LogP contribution < -0.4 is 20.7 Å². The zero-order chi connectivity index (χ0) is 18.8. The molecule has 0 aromatic heterocycles. The number of carbonyl (C=O) groups excluding carboxylic acids is 1. The molecule has 7 heteroatoms. The molecule has 2 aromatic carbocycles. The summed E-state index contributed by atoms with van der Waals surface area (Å²) in [5.41, 5.74) is 3.16. The van der Waals surface area contributed by atoms with Crippen LogP contribution in [0, 0.1) is 0 Å². The van der Waals surface area contributed by atoms with Crippen LogP contribution in [0.4, 0.5) is 5.69 Å². The molecule has 0 spiro atoms. The second-order valence-electron chi connectivity index (χ2n) is 5.83. The lowest BCUT2D eigenvalue weighted by atomic mass is 10.1. The fraction of sp³-hybridized carbons (Fsp3) is 0.300. The van der Waals surface area contributed by atoms with Gasteiger partial charge in [0.15, 0.2) is 5.96 Å². The molecule has 6 nitrogen and oxygen atoms in total. The number of hydrogen-bond donors (Lipinski definition) is 3. The molecule has 0 radical (unpaired) electrons. The van der Waals surface area contributed by atoms with Crippen molar-refractivity contribution in [2.45, 2.75) is 19.9 Å². The van der Waals surface area contributed by atoms with Crippen LogP contribution >= 0.6 is 24.0 Å². The number of carbonyl (C=O) groups is 1. The smallest absolute Gasteiger partial charge is 0.221 e. The van der Waals surface area contributed by atoms with E-state index < -0.39 is 0 Å². The van der Waals surface area contributed by atoms with Gasteiger partial charge in [0.1, 0.15) is 5.75 Å². The molecule has 0 unspecified atom stereocenters. The number of benzene rings is 2. The first kappa shape index (κ1) is 22.8. The Hall–Kier alpha value is -2.29. The minimum atomic E-state index is -0.0637. The first-order valence-corrected chi connectivity index (χ1v) is 8.54. The van der Waals surface area contributed by atoms with E-state index in [0.717, 1.165) is 35.9 Å². The van der Waals surface area contributed by atoms with Gasteiger partial charge in [-0.3, -0.25) is 9.79 Å². The Morgan fingerprint density at radius 3 is 2.19 bits per heavy atom. The van der Waals surface area contributed by atoms with E-state index >= 15 is 0 Å². The van der Waals surface area contributed by atoms with Crippen molar-refractivity contribution in [2.75, 3.05) is 26.0 Å². The minimum absolute atomic E-state index is 0. The maximum Gasteiger partial charge on any atom is 0.221 e. The van der Waals surface area contributed by atoms with Crippen molar-refractivity contribution in [3.63, 3.8) is 0 Å². The summed E-state index contributed by atoms with van der Waals surface area (Å²) in [5.74, 6) is 1.54. The van der Waals surface area contributed by atoms with E-state index in [1.165, 1.54) is 12.5 Å². The molecular formula is C20H27IN4O2. The highest BCUT2D eigenvalue weighted by molar-refractivity contribution is 14.0. The molecule has 3 N–H and O–H groups in total. The van der Waals surface area contributed by atoms with Crippen molar-refractivity contribution in [2.24, 2.45) is 4.99 Å². The summed E-state index contributed by atoms with van der Waals surface area (Å²) in [6.45, 7) is 2.96. The Balaban J connectivity index is 0.00000364. The van der Waals surface area contributed by atoms with E-state index in [2.05, 4.69) is 20.9 Å². The maximum atomic E-state index is 11.0. The first-order chi connectivity index (χ1) is 12.6. The van der Waals surface area contributed by atoms with E-state index in [1.807, 2.05) is 48.5 Å². The number of nitrogens with one attached hydrogen (secondary N) is 3. The van der Waals surface area contributed by atoms with Crippen molar-refractivity contribution >= 4 is 41.5 Å². The predicted molar refractivity (Wildman–Crippen MR) is 121 cm³/mol. The Bertz CT molecular complexity index is 731. The van der Waals surface area contributed by atoms with Gasteiger partial charge in [0.25, 0.3) is 0 Å². The largest absolute Gasteiger partial charge is 0.497 e. The molecule has 0 saturated heterocycles. The van der Waals surface area contributed by atoms with E-state index in [4.69, 9.17) is 4.74 Å². The van der Waals surface area contributed by atoms with Gasteiger partial charge >= 0.3 is 0 Å². The second kappa shape index (κ2) is 12.2. The Kier molecular flexibility index (Phi) is 10.2. The van der Waals surface area contributed by atoms with Gasteiger partial charge in [-0.1, -0.05) is 24.3 Å². The molecule has 0 bridgehead atoms. The van der Waals surface area contributed by atoms with Crippen molar-refractivity contribution < 1.29 is 9.53 Å². The van der Waals surface area contributed by atoms with E-state index in [1.54, 1.807) is 14.2 Å². The molecular weight excluding hydrogens is 455 g/mol. The lowest BCUT2D eigenvalue weighted by Crippen LogP contribution is -2.37. The average Bonchev–Trinajstić information content (AvgIpc) is 2.66. The van der Waals surface area contributed by atoms with Crippen LogP contribution in [0.5, 0.6) is 5.75 Å². The van der Waals surface area contributed by atoms with Crippen LogP contribution in [-0.4, -0.2) is 32.6 Å². The number of anilines is 1. The number of rotatable bonds is 7. The number of halogens is 1. The molecule has 27 heavy (non-hydrogen) atoms. The number of nitrogens with zero attached hydrogens (tertiary/aromatic N) is 1. The third-order valence-electron chi connectivity index (χ3n) is 3.82. The number of amides is 1. The standard InChI is InChI=1S/C20H26N4O2.HI/c1-15(25)24-18-8-4-16(5-9-18)12-13-22-20(21-2)23-14-17-6-10-19(26-3)11-7-17;/h4-11H,12-14H2,1-3H3,(H,24,25)(H2,21,22,23);1H. The van der Waals surface area contributed by atoms with Crippen LogP contribution in [-0.2, 0) is 17.8 Å². The van der Waals surface area contributed by atoms with Gasteiger partial charge in [0, 0.05) is 32.7 Å². The van der Waals surface area contributed by atoms with Crippen molar-refractivity contribution in [3.05, 3.63) is 59.7 Å². The molecule has 2 aromatic rings. The molecule has 0 fully saturated rings. The van der Waals surface area contributed by atoms with Crippen molar-refractivity contribution in [1.29, 1.82) is 0 Å². The molecule has 0 atom stereocenters. The van der Waals surface area contributed by atoms with E-state index in [9.17, 15) is 4.79 Å². The fourth-order valence-electron chi connectivity index (χ4n) is 2.43. The number of methoxy groups -OCH3 is 1. The van der Waals surface area contributed by atoms with E-state index in [0.29, 0.717) is 6.54 Å². The lowest BCUT2D eigenvalue weighted by molar-refractivity contribution is -0.114. The summed E-state index contributed by atoms with van der Waals surface area (Å²) in [5, 5.41) is 9.36. The molecule has 0 saturated carbocycles. The maximum absolute atomic E-state index is 11.0. The molecule has 0 aliphatic carbocycles.